The fourth-order valence-electron chi connectivity index (χ4n) is 1.70. The highest BCUT2D eigenvalue weighted by molar-refractivity contribution is 6.23. The SMILES string of the molecule is C=CC(C)(CCl)C(Cl)CCCCCCCC. The summed E-state index contributed by atoms with van der Waals surface area (Å²) in [5.74, 6) is 0.556. The molecule has 0 radical (unpaired) electrons. The average Bonchev–Trinajstić information content (AvgIpc) is 2.32. The molecule has 0 aliphatic rings. The van der Waals surface area contributed by atoms with Crippen molar-refractivity contribution in [2.75, 3.05) is 5.88 Å². The Kier molecular flexibility index (Phi) is 9.55. The summed E-state index contributed by atoms with van der Waals surface area (Å²) in [4.78, 5) is 0. The Labute approximate surface area is 111 Å². The molecular formula is C14H26Cl2. The first-order chi connectivity index (χ1) is 7.60. The second kappa shape index (κ2) is 9.36. The number of hydrogen-bond acceptors (Lipinski definition) is 0. The quantitative estimate of drug-likeness (QED) is 0.267. The highest BCUT2D eigenvalue weighted by Crippen LogP contribution is 2.32. The summed E-state index contributed by atoms with van der Waals surface area (Å²) in [6.45, 7) is 8.15. The minimum Gasteiger partial charge on any atom is -0.126 e. The van der Waals surface area contributed by atoms with Crippen LogP contribution in [0.3, 0.4) is 0 Å². The topological polar surface area (TPSA) is 0 Å². The summed E-state index contributed by atoms with van der Waals surface area (Å²) in [5.41, 5.74) is -0.119. The predicted octanol–water partition coefficient (Wildman–Crippen LogP) is 5.78. The van der Waals surface area contributed by atoms with Crippen molar-refractivity contribution >= 4 is 23.2 Å². The highest BCUT2D eigenvalue weighted by Gasteiger charge is 2.28. The van der Waals surface area contributed by atoms with Crippen LogP contribution in [0.2, 0.25) is 0 Å². The molecule has 0 rings (SSSR count). The molecule has 0 heterocycles. The van der Waals surface area contributed by atoms with Crippen molar-refractivity contribution in [3.05, 3.63) is 12.7 Å². The standard InChI is InChI=1S/C14H26Cl2/c1-4-6-7-8-9-10-11-13(16)14(3,5-2)12-15/h5,13H,2,4,6-12H2,1,3H3. The first-order valence-electron chi connectivity index (χ1n) is 6.44. The lowest BCUT2D eigenvalue weighted by Crippen LogP contribution is -2.27. The van der Waals surface area contributed by atoms with E-state index in [4.69, 9.17) is 23.2 Å². The summed E-state index contributed by atoms with van der Waals surface area (Å²) >= 11 is 12.3. The van der Waals surface area contributed by atoms with E-state index in [0.29, 0.717) is 5.88 Å². The van der Waals surface area contributed by atoms with Gasteiger partial charge in [0.25, 0.3) is 0 Å². The summed E-state index contributed by atoms with van der Waals surface area (Å²) in [5, 5.41) is 0.119. The Bertz CT molecular complexity index is 180. The molecular weight excluding hydrogens is 239 g/mol. The molecule has 0 spiro atoms. The lowest BCUT2D eigenvalue weighted by Gasteiger charge is -2.28. The first-order valence-corrected chi connectivity index (χ1v) is 7.41. The zero-order valence-electron chi connectivity index (χ0n) is 10.8. The van der Waals surface area contributed by atoms with Crippen LogP contribution in [0, 0.1) is 5.41 Å². The van der Waals surface area contributed by atoms with Gasteiger partial charge in [-0.1, -0.05) is 58.4 Å². The van der Waals surface area contributed by atoms with Crippen molar-refractivity contribution in [1.82, 2.24) is 0 Å². The molecule has 2 heteroatoms. The van der Waals surface area contributed by atoms with Gasteiger partial charge in [0, 0.05) is 16.7 Å². The van der Waals surface area contributed by atoms with Gasteiger partial charge < -0.3 is 0 Å². The molecule has 0 amide bonds. The van der Waals surface area contributed by atoms with E-state index in [1.54, 1.807) is 0 Å². The van der Waals surface area contributed by atoms with E-state index in [1.165, 1.54) is 38.5 Å². The molecule has 2 atom stereocenters. The van der Waals surface area contributed by atoms with E-state index in [-0.39, 0.29) is 10.8 Å². The van der Waals surface area contributed by atoms with Gasteiger partial charge in [0.2, 0.25) is 0 Å². The van der Waals surface area contributed by atoms with Gasteiger partial charge in [-0.15, -0.1) is 29.8 Å². The molecule has 16 heavy (non-hydrogen) atoms. The fraction of sp³-hybridized carbons (Fsp3) is 0.857. The Morgan fingerprint density at radius 2 is 1.75 bits per heavy atom. The van der Waals surface area contributed by atoms with Crippen molar-refractivity contribution in [3.8, 4) is 0 Å². The lowest BCUT2D eigenvalue weighted by molar-refractivity contribution is 0.422. The number of allylic oxidation sites excluding steroid dienone is 1. The fourth-order valence-corrected chi connectivity index (χ4v) is 2.39. The normalized spacial score (nSPS) is 16.8. The van der Waals surface area contributed by atoms with Crippen LogP contribution in [-0.2, 0) is 0 Å². The minimum atomic E-state index is -0.119. The Balaban J connectivity index is 3.64. The number of hydrogen-bond donors (Lipinski definition) is 0. The third kappa shape index (κ3) is 6.15. The molecule has 0 aliphatic heterocycles. The Hall–Kier alpha value is 0.320. The third-order valence-corrected chi connectivity index (χ3v) is 4.57. The molecule has 0 fully saturated rings. The maximum atomic E-state index is 6.37. The van der Waals surface area contributed by atoms with Crippen LogP contribution in [-0.4, -0.2) is 11.3 Å². The van der Waals surface area contributed by atoms with Crippen LogP contribution in [0.5, 0.6) is 0 Å². The molecule has 96 valence electrons. The van der Waals surface area contributed by atoms with Gasteiger partial charge in [-0.3, -0.25) is 0 Å². The second-order valence-corrected chi connectivity index (χ2v) is 5.66. The number of alkyl halides is 2. The lowest BCUT2D eigenvalue weighted by atomic mass is 9.86. The summed E-state index contributed by atoms with van der Waals surface area (Å²) in [6.07, 6.45) is 10.8. The van der Waals surface area contributed by atoms with Crippen molar-refractivity contribution in [1.29, 1.82) is 0 Å². The van der Waals surface area contributed by atoms with Crippen LogP contribution >= 0.6 is 23.2 Å². The highest BCUT2D eigenvalue weighted by atomic mass is 35.5. The molecule has 0 bridgehead atoms. The first kappa shape index (κ1) is 16.3. The zero-order chi connectivity index (χ0) is 12.4. The van der Waals surface area contributed by atoms with Gasteiger partial charge in [-0.2, -0.15) is 0 Å². The van der Waals surface area contributed by atoms with Gasteiger partial charge in [-0.05, 0) is 6.42 Å². The molecule has 0 aliphatic carbocycles. The summed E-state index contributed by atoms with van der Waals surface area (Å²) in [7, 11) is 0. The molecule has 0 aromatic carbocycles. The van der Waals surface area contributed by atoms with Crippen molar-refractivity contribution in [3.63, 3.8) is 0 Å². The third-order valence-electron chi connectivity index (χ3n) is 3.28. The van der Waals surface area contributed by atoms with Gasteiger partial charge in [0.05, 0.1) is 0 Å². The van der Waals surface area contributed by atoms with Crippen molar-refractivity contribution in [2.45, 2.75) is 64.2 Å². The van der Waals surface area contributed by atoms with E-state index in [1.807, 2.05) is 6.08 Å². The van der Waals surface area contributed by atoms with E-state index in [0.717, 1.165) is 6.42 Å². The zero-order valence-corrected chi connectivity index (χ0v) is 12.3. The maximum absolute atomic E-state index is 6.37. The Morgan fingerprint density at radius 1 is 1.19 bits per heavy atom. The van der Waals surface area contributed by atoms with Gasteiger partial charge in [0.15, 0.2) is 0 Å². The monoisotopic (exact) mass is 264 g/mol. The summed E-state index contributed by atoms with van der Waals surface area (Å²) in [6, 6.07) is 0. The van der Waals surface area contributed by atoms with E-state index < -0.39 is 0 Å². The number of rotatable bonds is 10. The molecule has 0 saturated heterocycles. The molecule has 2 unspecified atom stereocenters. The van der Waals surface area contributed by atoms with Crippen molar-refractivity contribution in [2.24, 2.45) is 5.41 Å². The average molecular weight is 265 g/mol. The van der Waals surface area contributed by atoms with Crippen LogP contribution in [0.1, 0.15) is 58.8 Å². The van der Waals surface area contributed by atoms with Crippen LogP contribution in [0.4, 0.5) is 0 Å². The molecule has 0 nitrogen and oxygen atoms in total. The molecule has 0 saturated carbocycles. The van der Waals surface area contributed by atoms with Gasteiger partial charge in [0.1, 0.15) is 0 Å². The van der Waals surface area contributed by atoms with E-state index in [2.05, 4.69) is 20.4 Å². The predicted molar refractivity (Wildman–Crippen MR) is 76.7 cm³/mol. The van der Waals surface area contributed by atoms with Crippen molar-refractivity contribution < 1.29 is 0 Å². The molecule has 0 N–H and O–H groups in total. The number of unbranched alkanes of at least 4 members (excludes halogenated alkanes) is 5. The van der Waals surface area contributed by atoms with E-state index in [9.17, 15) is 0 Å². The molecule has 0 aromatic rings. The largest absolute Gasteiger partial charge is 0.126 e. The van der Waals surface area contributed by atoms with Gasteiger partial charge >= 0.3 is 0 Å². The number of halogens is 2. The minimum absolute atomic E-state index is 0.119. The molecule has 0 aromatic heterocycles. The maximum Gasteiger partial charge on any atom is 0.0435 e. The van der Waals surface area contributed by atoms with Crippen LogP contribution in [0.15, 0.2) is 12.7 Å². The van der Waals surface area contributed by atoms with E-state index >= 15 is 0 Å². The van der Waals surface area contributed by atoms with Gasteiger partial charge in [-0.25, -0.2) is 0 Å². The van der Waals surface area contributed by atoms with Crippen LogP contribution < -0.4 is 0 Å². The van der Waals surface area contributed by atoms with Crippen LogP contribution in [0.25, 0.3) is 0 Å². The Morgan fingerprint density at radius 3 is 2.25 bits per heavy atom. The summed E-state index contributed by atoms with van der Waals surface area (Å²) < 4.78 is 0. The second-order valence-electron chi connectivity index (χ2n) is 4.87. The smallest absolute Gasteiger partial charge is 0.0435 e.